The van der Waals surface area contributed by atoms with Crippen molar-refractivity contribution in [2.24, 2.45) is 5.92 Å². The number of rotatable bonds is 1. The molecule has 3 rings (SSSR count). The van der Waals surface area contributed by atoms with Gasteiger partial charge in [0, 0.05) is 31.2 Å². The molecule has 3 nitrogen and oxygen atoms in total. The van der Waals surface area contributed by atoms with Crippen LogP contribution < -0.4 is 4.90 Å². The lowest BCUT2D eigenvalue weighted by atomic mass is 9.92. The van der Waals surface area contributed by atoms with E-state index in [2.05, 4.69) is 42.3 Å². The molecule has 1 aliphatic heterocycles. The van der Waals surface area contributed by atoms with Crippen LogP contribution in [-0.2, 0) is 11.3 Å². The SMILES string of the molecule is CN1CCN(C(=O)C2CC=CCC2)c2ccccc2C1. The van der Waals surface area contributed by atoms with Gasteiger partial charge >= 0.3 is 0 Å². The molecule has 0 aromatic heterocycles. The Hall–Kier alpha value is -1.61. The predicted molar refractivity (Wildman–Crippen MR) is 81.6 cm³/mol. The zero-order valence-corrected chi connectivity index (χ0v) is 12.1. The zero-order valence-electron chi connectivity index (χ0n) is 12.1. The Morgan fingerprint density at radius 3 is 2.85 bits per heavy atom. The number of fused-ring (bicyclic) bond motifs is 1. The molecule has 106 valence electrons. The first kappa shape index (κ1) is 13.4. The molecule has 1 amide bonds. The van der Waals surface area contributed by atoms with Crippen molar-refractivity contribution in [2.45, 2.75) is 25.8 Å². The minimum atomic E-state index is 0.163. The maximum Gasteiger partial charge on any atom is 0.230 e. The smallest absolute Gasteiger partial charge is 0.230 e. The molecule has 1 heterocycles. The monoisotopic (exact) mass is 270 g/mol. The van der Waals surface area contributed by atoms with E-state index >= 15 is 0 Å². The molecule has 1 aromatic carbocycles. The van der Waals surface area contributed by atoms with E-state index in [0.29, 0.717) is 5.91 Å². The number of likely N-dealkylation sites (N-methyl/N-ethyl adjacent to an activating group) is 1. The third-order valence-corrected chi connectivity index (χ3v) is 4.31. The van der Waals surface area contributed by atoms with Crippen LogP contribution >= 0.6 is 0 Å². The fraction of sp³-hybridized carbons (Fsp3) is 0.471. The van der Waals surface area contributed by atoms with Gasteiger partial charge in [0.2, 0.25) is 5.91 Å². The largest absolute Gasteiger partial charge is 0.311 e. The Balaban J connectivity index is 1.88. The molecule has 20 heavy (non-hydrogen) atoms. The summed E-state index contributed by atoms with van der Waals surface area (Å²) >= 11 is 0. The van der Waals surface area contributed by atoms with Gasteiger partial charge in [-0.15, -0.1) is 0 Å². The average molecular weight is 270 g/mol. The maximum absolute atomic E-state index is 12.8. The fourth-order valence-corrected chi connectivity index (χ4v) is 3.14. The molecule has 0 saturated carbocycles. The van der Waals surface area contributed by atoms with Gasteiger partial charge in [0.15, 0.2) is 0 Å². The fourth-order valence-electron chi connectivity index (χ4n) is 3.14. The topological polar surface area (TPSA) is 23.6 Å². The van der Waals surface area contributed by atoms with Crippen LogP contribution in [-0.4, -0.2) is 30.9 Å². The van der Waals surface area contributed by atoms with Gasteiger partial charge in [-0.3, -0.25) is 4.79 Å². The number of hydrogen-bond donors (Lipinski definition) is 0. The number of hydrogen-bond acceptors (Lipinski definition) is 2. The van der Waals surface area contributed by atoms with Gasteiger partial charge in [0.25, 0.3) is 0 Å². The first-order valence-corrected chi connectivity index (χ1v) is 7.48. The molecule has 1 aromatic rings. The van der Waals surface area contributed by atoms with Gasteiger partial charge < -0.3 is 9.80 Å². The summed E-state index contributed by atoms with van der Waals surface area (Å²) in [4.78, 5) is 17.1. The highest BCUT2D eigenvalue weighted by molar-refractivity contribution is 5.96. The molecule has 0 bridgehead atoms. The molecule has 0 N–H and O–H groups in total. The number of amides is 1. The molecule has 1 aliphatic carbocycles. The molecule has 2 aliphatic rings. The lowest BCUT2D eigenvalue weighted by Gasteiger charge is -2.28. The van der Waals surface area contributed by atoms with Crippen molar-refractivity contribution >= 4 is 11.6 Å². The maximum atomic E-state index is 12.8. The van der Waals surface area contributed by atoms with Crippen molar-refractivity contribution < 1.29 is 4.79 Å². The molecule has 0 radical (unpaired) electrons. The van der Waals surface area contributed by atoms with Crippen LogP contribution in [0.5, 0.6) is 0 Å². The van der Waals surface area contributed by atoms with Crippen LogP contribution in [0.2, 0.25) is 0 Å². The summed E-state index contributed by atoms with van der Waals surface area (Å²) in [5, 5.41) is 0. The molecular formula is C17H22N2O. The molecule has 3 heteroatoms. The second-order valence-electron chi connectivity index (χ2n) is 5.84. The third-order valence-electron chi connectivity index (χ3n) is 4.31. The normalized spacial score (nSPS) is 23.2. The molecule has 1 atom stereocenters. The number of carbonyl (C=O) groups is 1. The Morgan fingerprint density at radius 2 is 2.05 bits per heavy atom. The number of carbonyl (C=O) groups excluding carboxylic acids is 1. The minimum absolute atomic E-state index is 0.163. The van der Waals surface area contributed by atoms with E-state index in [4.69, 9.17) is 0 Å². The van der Waals surface area contributed by atoms with Gasteiger partial charge in [0.05, 0.1) is 0 Å². The number of nitrogens with zero attached hydrogens (tertiary/aromatic N) is 2. The van der Waals surface area contributed by atoms with Crippen molar-refractivity contribution in [3.05, 3.63) is 42.0 Å². The summed E-state index contributed by atoms with van der Waals surface area (Å²) in [7, 11) is 2.12. The molecule has 1 unspecified atom stereocenters. The summed E-state index contributed by atoms with van der Waals surface area (Å²) in [5.41, 5.74) is 2.36. The average Bonchev–Trinajstić information content (AvgIpc) is 2.66. The van der Waals surface area contributed by atoms with E-state index in [0.717, 1.165) is 44.6 Å². The van der Waals surface area contributed by atoms with Crippen LogP contribution in [0.25, 0.3) is 0 Å². The van der Waals surface area contributed by atoms with Gasteiger partial charge in [-0.25, -0.2) is 0 Å². The quantitative estimate of drug-likeness (QED) is 0.733. The lowest BCUT2D eigenvalue weighted by Crippen LogP contribution is -2.39. The molecular weight excluding hydrogens is 248 g/mol. The lowest BCUT2D eigenvalue weighted by molar-refractivity contribution is -0.122. The van der Waals surface area contributed by atoms with Gasteiger partial charge in [0.1, 0.15) is 0 Å². The number of para-hydroxylation sites is 1. The third kappa shape index (κ3) is 2.63. The van der Waals surface area contributed by atoms with Crippen molar-refractivity contribution in [3.8, 4) is 0 Å². The summed E-state index contributed by atoms with van der Waals surface area (Å²) in [6.45, 7) is 2.65. The first-order chi connectivity index (χ1) is 9.75. The molecule has 0 spiro atoms. The first-order valence-electron chi connectivity index (χ1n) is 7.48. The highest BCUT2D eigenvalue weighted by Gasteiger charge is 2.28. The van der Waals surface area contributed by atoms with Gasteiger partial charge in [-0.1, -0.05) is 30.4 Å². The van der Waals surface area contributed by atoms with E-state index in [9.17, 15) is 4.79 Å². The molecule has 0 saturated heterocycles. The Bertz CT molecular complexity index is 523. The summed E-state index contributed by atoms with van der Waals surface area (Å²) < 4.78 is 0. The van der Waals surface area contributed by atoms with E-state index in [1.807, 2.05) is 11.0 Å². The number of allylic oxidation sites excluding steroid dienone is 2. The summed E-state index contributed by atoms with van der Waals surface area (Å²) in [5.74, 6) is 0.466. The Labute approximate surface area is 120 Å². The van der Waals surface area contributed by atoms with Gasteiger partial charge in [-0.2, -0.15) is 0 Å². The second kappa shape index (κ2) is 5.80. The summed E-state index contributed by atoms with van der Waals surface area (Å²) in [6.07, 6.45) is 7.26. The van der Waals surface area contributed by atoms with Crippen molar-refractivity contribution in [2.75, 3.05) is 25.0 Å². The van der Waals surface area contributed by atoms with Crippen molar-refractivity contribution in [3.63, 3.8) is 0 Å². The van der Waals surface area contributed by atoms with Crippen LogP contribution in [0.15, 0.2) is 36.4 Å². The highest BCUT2D eigenvalue weighted by Crippen LogP contribution is 2.28. The summed E-state index contributed by atoms with van der Waals surface area (Å²) in [6, 6.07) is 8.32. The molecule has 0 fully saturated rings. The second-order valence-corrected chi connectivity index (χ2v) is 5.84. The van der Waals surface area contributed by atoms with E-state index < -0.39 is 0 Å². The van der Waals surface area contributed by atoms with Crippen LogP contribution in [0.3, 0.4) is 0 Å². The Morgan fingerprint density at radius 1 is 1.20 bits per heavy atom. The Kier molecular flexibility index (Phi) is 3.88. The predicted octanol–water partition coefficient (Wildman–Crippen LogP) is 2.82. The van der Waals surface area contributed by atoms with Crippen LogP contribution in [0.4, 0.5) is 5.69 Å². The van der Waals surface area contributed by atoms with Crippen LogP contribution in [0, 0.1) is 5.92 Å². The zero-order chi connectivity index (χ0) is 13.9. The number of anilines is 1. The van der Waals surface area contributed by atoms with Crippen molar-refractivity contribution in [1.82, 2.24) is 4.90 Å². The van der Waals surface area contributed by atoms with Crippen molar-refractivity contribution in [1.29, 1.82) is 0 Å². The van der Waals surface area contributed by atoms with E-state index in [1.54, 1.807) is 0 Å². The minimum Gasteiger partial charge on any atom is -0.311 e. The van der Waals surface area contributed by atoms with Crippen LogP contribution in [0.1, 0.15) is 24.8 Å². The highest BCUT2D eigenvalue weighted by atomic mass is 16.2. The van der Waals surface area contributed by atoms with E-state index in [-0.39, 0.29) is 5.92 Å². The standard InChI is InChI=1S/C17H22N2O/c1-18-11-12-19(16-10-6-5-9-15(16)13-18)17(20)14-7-3-2-4-8-14/h2-3,5-6,9-10,14H,4,7-8,11-13H2,1H3. The van der Waals surface area contributed by atoms with E-state index in [1.165, 1.54) is 5.56 Å². The number of benzene rings is 1. The van der Waals surface area contributed by atoms with Gasteiger partial charge in [-0.05, 0) is 37.9 Å².